The topological polar surface area (TPSA) is 113 Å². The van der Waals surface area contributed by atoms with Gasteiger partial charge in [0.1, 0.15) is 0 Å². The van der Waals surface area contributed by atoms with Crippen LogP contribution in [0.25, 0.3) is 0 Å². The molecule has 12 heavy (non-hydrogen) atoms. The number of carboxylic acids is 1. The van der Waals surface area contributed by atoms with Gasteiger partial charge in [-0.3, -0.25) is 4.79 Å². The molecule has 6 nitrogen and oxygen atoms in total. The number of aliphatic hydroxyl groups is 1. The lowest BCUT2D eigenvalue weighted by molar-refractivity contribution is -0.141. The molecule has 0 bridgehead atoms. The Morgan fingerprint density at radius 3 is 2.42 bits per heavy atom. The van der Waals surface area contributed by atoms with E-state index in [9.17, 15) is 9.36 Å². The van der Waals surface area contributed by atoms with Gasteiger partial charge in [-0.05, 0) is 0 Å². The second kappa shape index (κ2) is 7.12. The highest BCUT2D eigenvalue weighted by atomic mass is 31.1. The SMILES string of the molecule is CN([PH+]=O)C(CCO)C(=O)O.N. The normalized spacial score (nSPS) is 12.6. The number of carbonyl (C=O) groups is 1. The molecular weight excluding hydrogens is 183 g/mol. The summed E-state index contributed by atoms with van der Waals surface area (Å²) in [6.45, 7) is -0.216. The van der Waals surface area contributed by atoms with Gasteiger partial charge in [-0.2, -0.15) is 0 Å². The average molecular weight is 197 g/mol. The summed E-state index contributed by atoms with van der Waals surface area (Å²) >= 11 is 0. The van der Waals surface area contributed by atoms with Crippen molar-refractivity contribution in [3.05, 3.63) is 0 Å². The summed E-state index contributed by atoms with van der Waals surface area (Å²) in [6, 6.07) is -0.851. The number of carboxylic acid groups (broad SMARTS) is 1. The van der Waals surface area contributed by atoms with E-state index in [-0.39, 0.29) is 19.2 Å². The molecule has 0 amide bonds. The zero-order valence-corrected chi connectivity index (χ0v) is 7.86. The van der Waals surface area contributed by atoms with E-state index in [4.69, 9.17) is 10.2 Å². The maximum absolute atomic E-state index is 10.4. The zero-order valence-electron chi connectivity index (χ0n) is 6.86. The van der Waals surface area contributed by atoms with E-state index in [1.54, 1.807) is 0 Å². The molecule has 5 N–H and O–H groups in total. The Labute approximate surface area is 72.0 Å². The molecule has 2 atom stereocenters. The molecule has 0 aromatic heterocycles. The van der Waals surface area contributed by atoms with Crippen LogP contribution in [0.15, 0.2) is 0 Å². The minimum atomic E-state index is -1.06. The standard InChI is InChI=1S/C5H10NO4P.H3N/c1-6(11-10)4(2-3-7)5(8)9;/h4,7H,2-3H2,1H3,(H,8,9);1H3/p+1. The maximum atomic E-state index is 10.4. The molecule has 2 unspecified atom stereocenters. The number of nitrogens with zero attached hydrogens (tertiary/aromatic N) is 1. The third kappa shape index (κ3) is 4.35. The molecule has 0 aromatic rings. The van der Waals surface area contributed by atoms with Crippen LogP contribution in [0.5, 0.6) is 0 Å². The third-order valence-electron chi connectivity index (χ3n) is 1.30. The molecule has 7 heteroatoms. The Hall–Kier alpha value is -0.550. The van der Waals surface area contributed by atoms with Crippen LogP contribution in [-0.2, 0) is 9.36 Å². The highest BCUT2D eigenvalue weighted by molar-refractivity contribution is 7.20. The van der Waals surface area contributed by atoms with Gasteiger partial charge in [0.15, 0.2) is 6.04 Å². The van der Waals surface area contributed by atoms with Gasteiger partial charge in [0.25, 0.3) is 0 Å². The smallest absolute Gasteiger partial charge is 0.421 e. The molecule has 0 aromatic carbocycles. The second-order valence-corrected chi connectivity index (χ2v) is 2.96. The predicted octanol–water partition coefficient (Wildman–Crippen LogP) is -0.145. The van der Waals surface area contributed by atoms with Crippen molar-refractivity contribution < 1.29 is 19.6 Å². The first kappa shape index (κ1) is 14.0. The van der Waals surface area contributed by atoms with E-state index in [1.807, 2.05) is 0 Å². The van der Waals surface area contributed by atoms with Crippen LogP contribution in [0.4, 0.5) is 0 Å². The lowest BCUT2D eigenvalue weighted by Crippen LogP contribution is -2.33. The lowest BCUT2D eigenvalue weighted by Gasteiger charge is -2.10. The van der Waals surface area contributed by atoms with Crippen molar-refractivity contribution in [1.29, 1.82) is 0 Å². The monoisotopic (exact) mass is 197 g/mol. The van der Waals surface area contributed by atoms with Crippen LogP contribution in [-0.4, -0.2) is 40.5 Å². The first-order valence-electron chi connectivity index (χ1n) is 3.07. The molecule has 0 fully saturated rings. The van der Waals surface area contributed by atoms with E-state index < -0.39 is 20.6 Å². The first-order chi connectivity index (χ1) is 5.13. The first-order valence-corrected chi connectivity index (χ1v) is 3.93. The highest BCUT2D eigenvalue weighted by Gasteiger charge is 2.26. The Bertz CT molecular complexity index is 154. The van der Waals surface area contributed by atoms with Crippen molar-refractivity contribution in [2.45, 2.75) is 12.5 Å². The summed E-state index contributed by atoms with van der Waals surface area (Å²) in [4.78, 5) is 10.4. The predicted molar refractivity (Wildman–Crippen MR) is 44.9 cm³/mol. The van der Waals surface area contributed by atoms with Crippen molar-refractivity contribution in [3.8, 4) is 0 Å². The average Bonchev–Trinajstić information content (AvgIpc) is 1.98. The molecule has 0 radical (unpaired) electrons. The van der Waals surface area contributed by atoms with Gasteiger partial charge in [-0.15, -0.1) is 0 Å². The van der Waals surface area contributed by atoms with E-state index in [2.05, 4.69) is 0 Å². The second-order valence-electron chi connectivity index (χ2n) is 2.07. The van der Waals surface area contributed by atoms with Crippen LogP contribution >= 0.6 is 8.61 Å². The molecule has 0 aliphatic rings. The van der Waals surface area contributed by atoms with Gasteiger partial charge >= 0.3 is 14.6 Å². The minimum absolute atomic E-state index is 0. The number of aliphatic hydroxyl groups excluding tert-OH is 1. The van der Waals surface area contributed by atoms with Gasteiger partial charge in [0, 0.05) is 20.1 Å². The van der Waals surface area contributed by atoms with Crippen LogP contribution in [0.1, 0.15) is 6.42 Å². The van der Waals surface area contributed by atoms with Crippen molar-refractivity contribution in [1.82, 2.24) is 10.8 Å². The van der Waals surface area contributed by atoms with Crippen molar-refractivity contribution in [2.75, 3.05) is 13.7 Å². The Morgan fingerprint density at radius 1 is 1.67 bits per heavy atom. The van der Waals surface area contributed by atoms with Crippen LogP contribution in [0.3, 0.4) is 0 Å². The van der Waals surface area contributed by atoms with Crippen LogP contribution in [0.2, 0.25) is 0 Å². The van der Waals surface area contributed by atoms with Gasteiger partial charge in [0.05, 0.1) is 0 Å². The fourth-order valence-corrected chi connectivity index (χ4v) is 1.04. The molecule has 0 spiro atoms. The Morgan fingerprint density at radius 2 is 2.17 bits per heavy atom. The fourth-order valence-electron chi connectivity index (χ4n) is 0.669. The zero-order chi connectivity index (χ0) is 8.85. The highest BCUT2D eigenvalue weighted by Crippen LogP contribution is 2.10. The summed E-state index contributed by atoms with van der Waals surface area (Å²) in [7, 11) is 0.636. The molecule has 0 heterocycles. The molecule has 72 valence electrons. The number of hydrogen-bond donors (Lipinski definition) is 3. The molecule has 0 rings (SSSR count). The summed E-state index contributed by atoms with van der Waals surface area (Å²) in [6.07, 6.45) is 0.0983. The number of likely N-dealkylation sites (N-methyl/N-ethyl adjacent to an activating group) is 1. The minimum Gasteiger partial charge on any atom is -0.480 e. The van der Waals surface area contributed by atoms with Gasteiger partial charge in [-0.1, -0.05) is 9.24 Å². The van der Waals surface area contributed by atoms with Crippen molar-refractivity contribution in [3.63, 3.8) is 0 Å². The van der Waals surface area contributed by atoms with Crippen molar-refractivity contribution in [2.24, 2.45) is 0 Å². The molecule has 0 saturated carbocycles. The molecule has 0 aliphatic heterocycles. The molecule has 0 aliphatic carbocycles. The lowest BCUT2D eigenvalue weighted by atomic mass is 10.2. The Kier molecular flexibility index (Phi) is 8.31. The van der Waals surface area contributed by atoms with Crippen molar-refractivity contribution >= 4 is 14.6 Å². The van der Waals surface area contributed by atoms with Gasteiger partial charge in [0.2, 0.25) is 0 Å². The summed E-state index contributed by atoms with van der Waals surface area (Å²) < 4.78 is 11.4. The number of aliphatic carboxylic acids is 1. The van der Waals surface area contributed by atoms with E-state index in [0.29, 0.717) is 0 Å². The summed E-state index contributed by atoms with van der Waals surface area (Å²) in [5, 5.41) is 17.0. The third-order valence-corrected chi connectivity index (χ3v) is 1.90. The molecule has 0 saturated heterocycles. The van der Waals surface area contributed by atoms with E-state index in [1.165, 1.54) is 11.7 Å². The van der Waals surface area contributed by atoms with Gasteiger partial charge in [-0.25, -0.2) is 0 Å². The molecular formula is C5H14N2O4P+. The summed E-state index contributed by atoms with van der Waals surface area (Å²) in [5.41, 5.74) is 0. The fraction of sp³-hybridized carbons (Fsp3) is 0.800. The van der Waals surface area contributed by atoms with E-state index >= 15 is 0 Å². The number of hydrogen-bond acceptors (Lipinski definition) is 4. The number of rotatable bonds is 5. The van der Waals surface area contributed by atoms with Crippen LogP contribution < -0.4 is 6.15 Å². The Balaban J connectivity index is 0. The van der Waals surface area contributed by atoms with E-state index in [0.717, 1.165) is 0 Å². The summed E-state index contributed by atoms with van der Waals surface area (Å²) in [5.74, 6) is -1.06. The van der Waals surface area contributed by atoms with Crippen LogP contribution in [0, 0.1) is 0 Å². The maximum Gasteiger partial charge on any atom is 0.421 e. The van der Waals surface area contributed by atoms with Gasteiger partial charge < -0.3 is 16.4 Å². The quantitative estimate of drug-likeness (QED) is 0.528. The largest absolute Gasteiger partial charge is 0.480 e.